The molecule has 7 aromatic carbocycles. The molecule has 0 amide bonds. The molecule has 50 heavy (non-hydrogen) atoms. The van der Waals surface area contributed by atoms with Crippen LogP contribution in [0.5, 0.6) is 0 Å². The lowest BCUT2D eigenvalue weighted by molar-refractivity contribution is 0.623. The van der Waals surface area contributed by atoms with E-state index in [1.54, 1.807) is 0 Å². The Morgan fingerprint density at radius 3 is 1.68 bits per heavy atom. The molecule has 0 saturated heterocycles. The number of para-hydroxylation sites is 2. The zero-order valence-electron chi connectivity index (χ0n) is 26.7. The third-order valence-corrected chi connectivity index (χ3v) is 9.24. The highest BCUT2D eigenvalue weighted by Crippen LogP contribution is 2.45. The Morgan fingerprint density at radius 1 is 0.460 bits per heavy atom. The number of oxazole rings is 1. The van der Waals surface area contributed by atoms with E-state index < -0.39 is 0 Å². The second-order valence-corrected chi connectivity index (χ2v) is 12.3. The van der Waals surface area contributed by atoms with Crippen molar-refractivity contribution in [3.05, 3.63) is 164 Å². The van der Waals surface area contributed by atoms with Crippen molar-refractivity contribution < 1.29 is 4.42 Å². The van der Waals surface area contributed by atoms with E-state index in [0.717, 1.165) is 71.6 Å². The molecular weight excluding hydrogens is 615 g/mol. The van der Waals surface area contributed by atoms with Crippen LogP contribution in [0.3, 0.4) is 0 Å². The molecular formula is C44H27N5O. The van der Waals surface area contributed by atoms with Gasteiger partial charge in [0.1, 0.15) is 5.52 Å². The molecule has 10 rings (SSSR count). The fourth-order valence-electron chi connectivity index (χ4n) is 7.01. The molecule has 0 aliphatic carbocycles. The monoisotopic (exact) mass is 641 g/mol. The van der Waals surface area contributed by atoms with E-state index >= 15 is 0 Å². The van der Waals surface area contributed by atoms with Gasteiger partial charge in [0, 0.05) is 44.1 Å². The molecule has 0 N–H and O–H groups in total. The van der Waals surface area contributed by atoms with Gasteiger partial charge in [-0.25, -0.2) is 19.9 Å². The largest absolute Gasteiger partial charge is 0.435 e. The van der Waals surface area contributed by atoms with Gasteiger partial charge in [0.2, 0.25) is 5.89 Å². The minimum absolute atomic E-state index is 0.590. The summed E-state index contributed by atoms with van der Waals surface area (Å²) in [6, 6.07) is 55.6. The van der Waals surface area contributed by atoms with Gasteiger partial charge in [-0.3, -0.25) is 0 Å². The molecule has 6 heteroatoms. The predicted octanol–water partition coefficient (Wildman–Crippen LogP) is 10.9. The SMILES string of the molecule is c1ccc(-c2nc(-c3ccccc3)nc(-c3cc4ccc5nc(-c6ccccc6)oc5c4c4c5ccccc5n(-c5ccccc5)c34)n2)cc1. The smallest absolute Gasteiger partial charge is 0.227 e. The average molecular weight is 642 g/mol. The average Bonchev–Trinajstić information content (AvgIpc) is 3.79. The van der Waals surface area contributed by atoms with Crippen LogP contribution in [-0.4, -0.2) is 24.5 Å². The highest BCUT2D eigenvalue weighted by molar-refractivity contribution is 6.29. The van der Waals surface area contributed by atoms with E-state index in [-0.39, 0.29) is 0 Å². The number of benzene rings is 7. The van der Waals surface area contributed by atoms with E-state index in [1.807, 2.05) is 103 Å². The lowest BCUT2D eigenvalue weighted by Crippen LogP contribution is -2.02. The molecule has 0 atom stereocenters. The van der Waals surface area contributed by atoms with Gasteiger partial charge >= 0.3 is 0 Å². The van der Waals surface area contributed by atoms with Crippen LogP contribution in [0, 0.1) is 0 Å². The Kier molecular flexibility index (Phi) is 6.39. The van der Waals surface area contributed by atoms with Gasteiger partial charge in [-0.15, -0.1) is 0 Å². The van der Waals surface area contributed by atoms with E-state index in [0.29, 0.717) is 23.4 Å². The first-order chi connectivity index (χ1) is 24.8. The number of rotatable bonds is 5. The second-order valence-electron chi connectivity index (χ2n) is 12.3. The Morgan fingerprint density at radius 2 is 1.02 bits per heavy atom. The van der Waals surface area contributed by atoms with Crippen molar-refractivity contribution in [2.24, 2.45) is 0 Å². The minimum Gasteiger partial charge on any atom is -0.435 e. The van der Waals surface area contributed by atoms with Crippen LogP contribution in [0.25, 0.3) is 95.0 Å². The van der Waals surface area contributed by atoms with Crippen LogP contribution in [0.2, 0.25) is 0 Å². The van der Waals surface area contributed by atoms with Gasteiger partial charge in [0.05, 0.1) is 11.0 Å². The Labute approximate surface area is 287 Å². The van der Waals surface area contributed by atoms with Gasteiger partial charge in [-0.05, 0) is 47.9 Å². The molecule has 0 aliphatic heterocycles. The summed E-state index contributed by atoms with van der Waals surface area (Å²) in [6.07, 6.45) is 0. The van der Waals surface area contributed by atoms with E-state index in [4.69, 9.17) is 24.4 Å². The van der Waals surface area contributed by atoms with Crippen LogP contribution in [-0.2, 0) is 0 Å². The molecule has 234 valence electrons. The number of hydrogen-bond donors (Lipinski definition) is 0. The molecule has 10 aromatic rings. The summed E-state index contributed by atoms with van der Waals surface area (Å²) >= 11 is 0. The molecule has 0 unspecified atom stereocenters. The first kappa shape index (κ1) is 28.1. The maximum absolute atomic E-state index is 6.68. The Balaban J connectivity index is 1.37. The van der Waals surface area contributed by atoms with Crippen molar-refractivity contribution in [3.8, 4) is 51.3 Å². The summed E-state index contributed by atoms with van der Waals surface area (Å²) in [5, 5.41) is 4.17. The minimum atomic E-state index is 0.590. The highest BCUT2D eigenvalue weighted by Gasteiger charge is 2.24. The van der Waals surface area contributed by atoms with Crippen molar-refractivity contribution >= 4 is 43.7 Å². The molecule has 0 fully saturated rings. The Hall–Kier alpha value is -6.92. The van der Waals surface area contributed by atoms with Crippen molar-refractivity contribution in [2.45, 2.75) is 0 Å². The zero-order chi connectivity index (χ0) is 33.0. The third kappa shape index (κ3) is 4.50. The standard InChI is InChI=1S/C44H27N5O/c1-5-15-28(16-6-1)41-46-42(29-17-7-2-8-18-29)48-43(47-41)34-27-31-25-26-35-40(50-44(45-35)30-19-9-3-10-20-30)37(31)38-33-23-13-14-24-36(33)49(39(34)38)32-21-11-4-12-22-32/h1-27H. The summed E-state index contributed by atoms with van der Waals surface area (Å²) in [7, 11) is 0. The van der Waals surface area contributed by atoms with Crippen molar-refractivity contribution in [1.29, 1.82) is 0 Å². The van der Waals surface area contributed by atoms with Gasteiger partial charge in [-0.1, -0.05) is 121 Å². The molecule has 0 aliphatic rings. The molecule has 3 heterocycles. The number of nitrogens with zero attached hydrogens (tertiary/aromatic N) is 5. The van der Waals surface area contributed by atoms with Crippen LogP contribution >= 0.6 is 0 Å². The number of hydrogen-bond acceptors (Lipinski definition) is 5. The van der Waals surface area contributed by atoms with Crippen molar-refractivity contribution in [2.75, 3.05) is 0 Å². The lowest BCUT2D eigenvalue weighted by atomic mass is 9.98. The van der Waals surface area contributed by atoms with Gasteiger partial charge in [-0.2, -0.15) is 0 Å². The van der Waals surface area contributed by atoms with Gasteiger partial charge < -0.3 is 8.98 Å². The van der Waals surface area contributed by atoms with Crippen LogP contribution in [0.4, 0.5) is 0 Å². The zero-order valence-corrected chi connectivity index (χ0v) is 26.7. The summed E-state index contributed by atoms with van der Waals surface area (Å²) in [5.41, 5.74) is 8.32. The van der Waals surface area contributed by atoms with E-state index in [2.05, 4.69) is 65.2 Å². The molecule has 0 bridgehead atoms. The molecule has 0 radical (unpaired) electrons. The van der Waals surface area contributed by atoms with Crippen LogP contribution in [0.15, 0.2) is 168 Å². The van der Waals surface area contributed by atoms with Crippen LogP contribution in [0.1, 0.15) is 0 Å². The fourth-order valence-corrected chi connectivity index (χ4v) is 7.01. The summed E-state index contributed by atoms with van der Waals surface area (Å²) in [4.78, 5) is 20.3. The van der Waals surface area contributed by atoms with E-state index in [9.17, 15) is 0 Å². The van der Waals surface area contributed by atoms with Crippen molar-refractivity contribution in [1.82, 2.24) is 24.5 Å². The molecule has 6 nitrogen and oxygen atoms in total. The summed E-state index contributed by atoms with van der Waals surface area (Å²) in [6.45, 7) is 0. The summed E-state index contributed by atoms with van der Waals surface area (Å²) < 4.78 is 9.00. The first-order valence-electron chi connectivity index (χ1n) is 16.6. The quantitative estimate of drug-likeness (QED) is 0.187. The molecule has 0 spiro atoms. The van der Waals surface area contributed by atoms with Gasteiger partial charge in [0.15, 0.2) is 23.1 Å². The summed E-state index contributed by atoms with van der Waals surface area (Å²) in [5.74, 6) is 2.41. The number of aromatic nitrogens is 5. The normalized spacial score (nSPS) is 11.6. The topological polar surface area (TPSA) is 69.6 Å². The van der Waals surface area contributed by atoms with Crippen LogP contribution < -0.4 is 0 Å². The number of fused-ring (bicyclic) bond motifs is 7. The van der Waals surface area contributed by atoms with E-state index in [1.165, 1.54) is 0 Å². The van der Waals surface area contributed by atoms with Crippen molar-refractivity contribution in [3.63, 3.8) is 0 Å². The third-order valence-electron chi connectivity index (χ3n) is 9.24. The first-order valence-corrected chi connectivity index (χ1v) is 16.6. The Bertz CT molecular complexity index is 2790. The molecule has 0 saturated carbocycles. The second kappa shape index (κ2) is 11.4. The molecule has 3 aromatic heterocycles. The van der Waals surface area contributed by atoms with Gasteiger partial charge in [0.25, 0.3) is 0 Å². The highest BCUT2D eigenvalue weighted by atomic mass is 16.3. The predicted molar refractivity (Wildman–Crippen MR) is 201 cm³/mol. The lowest BCUT2D eigenvalue weighted by Gasteiger charge is -2.14. The fraction of sp³-hybridized carbons (Fsp3) is 0. The maximum atomic E-state index is 6.68. The maximum Gasteiger partial charge on any atom is 0.227 e.